The summed E-state index contributed by atoms with van der Waals surface area (Å²) < 4.78 is 20.0. The van der Waals surface area contributed by atoms with Gasteiger partial charge >= 0.3 is 0 Å². The van der Waals surface area contributed by atoms with Gasteiger partial charge in [0, 0.05) is 31.8 Å². The molecule has 0 bridgehead atoms. The molecule has 0 aromatic rings. The normalized spacial score (nSPS) is 42.5. The Morgan fingerprint density at radius 3 is 2.15 bits per heavy atom. The van der Waals surface area contributed by atoms with Crippen molar-refractivity contribution in [1.82, 2.24) is 0 Å². The van der Waals surface area contributed by atoms with E-state index in [4.69, 9.17) is 31.4 Å². The first-order valence-corrected chi connectivity index (χ1v) is 16.4. The largest absolute Gasteiger partial charge is 0.396 e. The standard InChI is InChI=1S/C32H61N3O4/c1-22(10-15-36)25-7-8-26-30-27(21-29(32(25,26)3)39-18-6-14-35)31(2)11-9-24(37-16-4-12-33)19-23(31)20-28(30)38-17-5-13-34/h22-30,36H,4-21,33-35H2,1-3H3. The molecule has 0 heterocycles. The zero-order valence-electron chi connectivity index (χ0n) is 25.3. The van der Waals surface area contributed by atoms with Crippen molar-refractivity contribution in [3.8, 4) is 0 Å². The fourth-order valence-electron chi connectivity index (χ4n) is 10.0. The minimum atomic E-state index is 0.103. The van der Waals surface area contributed by atoms with E-state index in [-0.39, 0.29) is 29.6 Å². The molecule has 4 aliphatic rings. The van der Waals surface area contributed by atoms with E-state index < -0.39 is 0 Å². The van der Waals surface area contributed by atoms with E-state index in [2.05, 4.69) is 20.8 Å². The van der Waals surface area contributed by atoms with Crippen LogP contribution >= 0.6 is 0 Å². The lowest BCUT2D eigenvalue weighted by molar-refractivity contribution is -0.227. The fraction of sp³-hybridized carbons (Fsp3) is 1.00. The molecule has 228 valence electrons. The van der Waals surface area contributed by atoms with Gasteiger partial charge < -0.3 is 36.5 Å². The SMILES string of the molecule is CC(CCO)C1CCC2C3C(OCCCN)CC4CC(OCCCN)CCC4(C)C3CC(OCCCN)C12C. The number of aliphatic hydroxyl groups is 1. The summed E-state index contributed by atoms with van der Waals surface area (Å²) in [4.78, 5) is 0. The summed E-state index contributed by atoms with van der Waals surface area (Å²) in [5.74, 6) is 3.41. The van der Waals surface area contributed by atoms with Gasteiger partial charge in [0.25, 0.3) is 0 Å². The Labute approximate surface area is 238 Å². The third kappa shape index (κ3) is 6.40. The van der Waals surface area contributed by atoms with Crippen LogP contribution in [-0.4, -0.2) is 69.5 Å². The molecule has 4 aliphatic carbocycles. The smallest absolute Gasteiger partial charge is 0.0637 e. The van der Waals surface area contributed by atoms with Crippen LogP contribution in [0.15, 0.2) is 0 Å². The second-order valence-corrected chi connectivity index (χ2v) is 14.0. The van der Waals surface area contributed by atoms with E-state index in [0.29, 0.717) is 61.2 Å². The lowest BCUT2D eigenvalue weighted by Gasteiger charge is -2.65. The number of rotatable bonds is 15. The Balaban J connectivity index is 1.64. The summed E-state index contributed by atoms with van der Waals surface area (Å²) in [5, 5.41) is 9.83. The van der Waals surface area contributed by atoms with Crippen LogP contribution < -0.4 is 17.2 Å². The average molecular weight is 552 g/mol. The minimum Gasteiger partial charge on any atom is -0.396 e. The maximum atomic E-state index is 9.83. The number of fused-ring (bicyclic) bond motifs is 5. The van der Waals surface area contributed by atoms with Crippen molar-refractivity contribution in [2.24, 2.45) is 63.5 Å². The molecule has 0 radical (unpaired) electrons. The van der Waals surface area contributed by atoms with E-state index in [9.17, 15) is 5.11 Å². The van der Waals surface area contributed by atoms with Gasteiger partial charge in [-0.3, -0.25) is 0 Å². The van der Waals surface area contributed by atoms with Gasteiger partial charge in [-0.1, -0.05) is 20.8 Å². The van der Waals surface area contributed by atoms with E-state index >= 15 is 0 Å². The predicted molar refractivity (Wildman–Crippen MR) is 157 cm³/mol. The molecule has 0 aromatic heterocycles. The van der Waals surface area contributed by atoms with Crippen LogP contribution in [0.1, 0.15) is 91.4 Å². The van der Waals surface area contributed by atoms with Gasteiger partial charge in [0.15, 0.2) is 0 Å². The molecule has 0 aromatic carbocycles. The molecule has 39 heavy (non-hydrogen) atoms. The first-order chi connectivity index (χ1) is 18.8. The summed E-state index contributed by atoms with van der Waals surface area (Å²) >= 11 is 0. The van der Waals surface area contributed by atoms with Crippen molar-refractivity contribution in [3.63, 3.8) is 0 Å². The third-order valence-electron chi connectivity index (χ3n) is 12.1. The van der Waals surface area contributed by atoms with Crippen molar-refractivity contribution >= 4 is 0 Å². The molecule has 4 fully saturated rings. The molecule has 7 N–H and O–H groups in total. The summed E-state index contributed by atoms with van der Waals surface area (Å²) in [6.07, 6.45) is 12.8. The van der Waals surface area contributed by atoms with Crippen LogP contribution in [0.25, 0.3) is 0 Å². The highest BCUT2D eigenvalue weighted by atomic mass is 16.5. The third-order valence-corrected chi connectivity index (χ3v) is 12.1. The van der Waals surface area contributed by atoms with Gasteiger partial charge in [-0.2, -0.15) is 0 Å². The Bertz CT molecular complexity index is 742. The molecule has 0 saturated heterocycles. The predicted octanol–water partition coefficient (Wildman–Crippen LogP) is 4.09. The monoisotopic (exact) mass is 551 g/mol. The summed E-state index contributed by atoms with van der Waals surface area (Å²) in [6.45, 7) is 12.1. The second-order valence-electron chi connectivity index (χ2n) is 14.0. The van der Waals surface area contributed by atoms with Crippen molar-refractivity contribution in [2.45, 2.75) is 110 Å². The van der Waals surface area contributed by atoms with E-state index in [1.165, 1.54) is 19.3 Å². The second kappa shape index (κ2) is 14.3. The quantitative estimate of drug-likeness (QED) is 0.226. The van der Waals surface area contributed by atoms with Gasteiger partial charge in [-0.15, -0.1) is 0 Å². The number of hydrogen-bond donors (Lipinski definition) is 4. The van der Waals surface area contributed by atoms with Crippen LogP contribution in [0.3, 0.4) is 0 Å². The van der Waals surface area contributed by atoms with Gasteiger partial charge in [-0.05, 0) is 131 Å². The number of nitrogens with two attached hydrogens (primary N) is 3. The van der Waals surface area contributed by atoms with Gasteiger partial charge in [-0.25, -0.2) is 0 Å². The molecule has 7 nitrogen and oxygen atoms in total. The van der Waals surface area contributed by atoms with Crippen LogP contribution in [-0.2, 0) is 14.2 Å². The minimum absolute atomic E-state index is 0.103. The molecule has 11 unspecified atom stereocenters. The van der Waals surface area contributed by atoms with E-state index in [1.54, 1.807) is 0 Å². The fourth-order valence-corrected chi connectivity index (χ4v) is 10.0. The van der Waals surface area contributed by atoms with Gasteiger partial charge in [0.05, 0.1) is 18.3 Å². The number of aliphatic hydroxyl groups excluding tert-OH is 1. The van der Waals surface area contributed by atoms with Gasteiger partial charge in [0.2, 0.25) is 0 Å². The molecule has 4 rings (SSSR count). The molecular weight excluding hydrogens is 490 g/mol. The molecule has 4 saturated carbocycles. The molecule has 7 heteroatoms. The highest BCUT2D eigenvalue weighted by Gasteiger charge is 2.66. The van der Waals surface area contributed by atoms with Crippen molar-refractivity contribution in [2.75, 3.05) is 46.1 Å². The van der Waals surface area contributed by atoms with E-state index in [1.807, 2.05) is 0 Å². The van der Waals surface area contributed by atoms with Crippen LogP contribution in [0.5, 0.6) is 0 Å². The first kappa shape index (κ1) is 31.7. The van der Waals surface area contributed by atoms with Crippen molar-refractivity contribution in [3.05, 3.63) is 0 Å². The number of hydrogen-bond acceptors (Lipinski definition) is 7. The Morgan fingerprint density at radius 1 is 0.821 bits per heavy atom. The van der Waals surface area contributed by atoms with Crippen LogP contribution in [0, 0.1) is 46.3 Å². The van der Waals surface area contributed by atoms with Crippen LogP contribution in [0.2, 0.25) is 0 Å². The maximum absolute atomic E-state index is 9.83. The van der Waals surface area contributed by atoms with Crippen molar-refractivity contribution in [1.29, 1.82) is 0 Å². The lowest BCUT2D eigenvalue weighted by Crippen LogP contribution is -2.63. The topological polar surface area (TPSA) is 126 Å². The number of ether oxygens (including phenoxy) is 3. The Morgan fingerprint density at radius 2 is 1.49 bits per heavy atom. The van der Waals surface area contributed by atoms with Crippen molar-refractivity contribution < 1.29 is 19.3 Å². The zero-order chi connectivity index (χ0) is 28.0. The van der Waals surface area contributed by atoms with Crippen LogP contribution in [0.4, 0.5) is 0 Å². The summed E-state index contributed by atoms with van der Waals surface area (Å²) in [7, 11) is 0. The lowest BCUT2D eigenvalue weighted by atomic mass is 9.43. The Hall–Kier alpha value is -0.280. The maximum Gasteiger partial charge on any atom is 0.0637 e. The highest BCUT2D eigenvalue weighted by Crippen LogP contribution is 2.69. The summed E-state index contributed by atoms with van der Waals surface area (Å²) in [6, 6.07) is 0. The zero-order valence-corrected chi connectivity index (χ0v) is 25.3. The van der Waals surface area contributed by atoms with Gasteiger partial charge in [0.1, 0.15) is 0 Å². The molecular formula is C32H61N3O4. The first-order valence-electron chi connectivity index (χ1n) is 16.4. The molecule has 0 spiro atoms. The summed E-state index contributed by atoms with van der Waals surface area (Å²) in [5.41, 5.74) is 17.9. The van der Waals surface area contributed by atoms with E-state index in [0.717, 1.165) is 71.2 Å². The molecule has 0 aliphatic heterocycles. The highest BCUT2D eigenvalue weighted by molar-refractivity contribution is 5.15. The molecule has 11 atom stereocenters. The Kier molecular flexibility index (Phi) is 11.6. The average Bonchev–Trinajstić information content (AvgIpc) is 3.28. The molecule has 0 amide bonds.